The van der Waals surface area contributed by atoms with Gasteiger partial charge in [0.05, 0.1) is 6.61 Å². The summed E-state index contributed by atoms with van der Waals surface area (Å²) in [5.74, 6) is -0.468. The summed E-state index contributed by atoms with van der Waals surface area (Å²) < 4.78 is 32.8. The molecule has 0 radical (unpaired) electrons. The van der Waals surface area contributed by atoms with Gasteiger partial charge in [-0.25, -0.2) is 0 Å². The number of hydrogen-bond acceptors (Lipinski definition) is 5. The maximum Gasteiger partial charge on any atom is 0.324 e. The predicted octanol–water partition coefficient (Wildman–Crippen LogP) is 0.175. The Morgan fingerprint density at radius 2 is 2.10 bits per heavy atom. The number of rotatable bonds is 7. The monoisotopic (exact) mass is 321 g/mol. The van der Waals surface area contributed by atoms with E-state index in [0.29, 0.717) is 32.5 Å². The number of nitrogens with two attached hydrogens (primary N) is 1. The van der Waals surface area contributed by atoms with E-state index in [1.54, 1.807) is 6.92 Å². The van der Waals surface area contributed by atoms with Crippen molar-refractivity contribution in [2.45, 2.75) is 39.7 Å². The van der Waals surface area contributed by atoms with Crippen LogP contribution in [0.25, 0.3) is 0 Å². The molecule has 0 aromatic rings. The Hall–Kier alpha value is -0.700. The van der Waals surface area contributed by atoms with Gasteiger partial charge in [0, 0.05) is 20.1 Å². The largest absolute Gasteiger partial charge is 0.465 e. The highest BCUT2D eigenvalue weighted by atomic mass is 32.2. The molecular weight excluding hydrogens is 294 g/mol. The van der Waals surface area contributed by atoms with Gasteiger partial charge in [-0.2, -0.15) is 17.0 Å². The molecule has 1 heterocycles. The van der Waals surface area contributed by atoms with Gasteiger partial charge in [-0.15, -0.1) is 0 Å². The highest BCUT2D eigenvalue weighted by molar-refractivity contribution is 7.86. The molecule has 2 N–H and O–H groups in total. The fourth-order valence-corrected chi connectivity index (χ4v) is 4.16. The second-order valence-electron chi connectivity index (χ2n) is 6.15. The zero-order valence-electron chi connectivity index (χ0n) is 13.3. The molecular formula is C13H27N3O4S. The van der Waals surface area contributed by atoms with E-state index in [2.05, 4.69) is 0 Å². The van der Waals surface area contributed by atoms with Crippen molar-refractivity contribution in [2.75, 3.05) is 33.3 Å². The number of ether oxygens (including phenoxy) is 1. The Kier molecular flexibility index (Phi) is 6.15. The minimum Gasteiger partial charge on any atom is -0.465 e. The molecule has 1 fully saturated rings. The molecule has 0 aromatic carbocycles. The molecule has 8 heteroatoms. The summed E-state index contributed by atoms with van der Waals surface area (Å²) in [6.45, 7) is 6.81. The van der Waals surface area contributed by atoms with Gasteiger partial charge < -0.3 is 10.5 Å². The minimum atomic E-state index is -3.68. The Morgan fingerprint density at radius 3 is 2.62 bits per heavy atom. The molecule has 1 aliphatic rings. The Morgan fingerprint density at radius 1 is 1.48 bits per heavy atom. The molecule has 1 atom stereocenters. The number of nitrogens with zero attached hydrogens (tertiary/aromatic N) is 2. The van der Waals surface area contributed by atoms with Gasteiger partial charge in [-0.3, -0.25) is 4.79 Å². The quantitative estimate of drug-likeness (QED) is 0.675. The van der Waals surface area contributed by atoms with Crippen LogP contribution in [0.2, 0.25) is 0 Å². The zero-order chi connectivity index (χ0) is 16.3. The molecule has 0 spiro atoms. The summed E-state index contributed by atoms with van der Waals surface area (Å²) in [5, 5.41) is 0. The Balaban J connectivity index is 2.88. The lowest BCUT2D eigenvalue weighted by Gasteiger charge is -2.32. The van der Waals surface area contributed by atoms with Crippen molar-refractivity contribution in [3.63, 3.8) is 0 Å². The first-order chi connectivity index (χ1) is 9.65. The highest BCUT2D eigenvalue weighted by Gasteiger charge is 2.42. The van der Waals surface area contributed by atoms with Crippen LogP contribution in [0.15, 0.2) is 0 Å². The average molecular weight is 321 g/mol. The lowest BCUT2D eigenvalue weighted by molar-refractivity contribution is -0.146. The third-order valence-electron chi connectivity index (χ3n) is 3.66. The van der Waals surface area contributed by atoms with Crippen LogP contribution in [0.1, 0.15) is 33.6 Å². The Labute approximate surface area is 127 Å². The normalized spacial score (nSPS) is 21.0. The molecule has 1 aliphatic heterocycles. The third kappa shape index (κ3) is 4.38. The van der Waals surface area contributed by atoms with Crippen molar-refractivity contribution in [3.05, 3.63) is 0 Å². The summed E-state index contributed by atoms with van der Waals surface area (Å²) in [7, 11) is -2.16. The molecule has 0 aromatic heterocycles. The second-order valence-corrected chi connectivity index (χ2v) is 8.14. The Bertz CT molecular complexity index is 464. The van der Waals surface area contributed by atoms with Crippen molar-refractivity contribution in [2.24, 2.45) is 11.1 Å². The van der Waals surface area contributed by atoms with Crippen LogP contribution < -0.4 is 5.73 Å². The molecule has 0 saturated carbocycles. The van der Waals surface area contributed by atoms with Gasteiger partial charge in [-0.1, -0.05) is 13.8 Å². The van der Waals surface area contributed by atoms with E-state index in [1.807, 2.05) is 13.8 Å². The van der Waals surface area contributed by atoms with Gasteiger partial charge >= 0.3 is 5.97 Å². The first kappa shape index (κ1) is 18.3. The molecule has 7 nitrogen and oxygen atoms in total. The number of hydrogen-bond donors (Lipinski definition) is 1. The molecule has 0 bridgehead atoms. The van der Waals surface area contributed by atoms with Gasteiger partial charge in [-0.05, 0) is 31.7 Å². The third-order valence-corrected chi connectivity index (χ3v) is 5.60. The number of carbonyl (C=O) groups is 1. The van der Waals surface area contributed by atoms with Crippen molar-refractivity contribution < 1.29 is 17.9 Å². The van der Waals surface area contributed by atoms with Crippen LogP contribution >= 0.6 is 0 Å². The van der Waals surface area contributed by atoms with E-state index in [1.165, 1.54) is 15.7 Å². The lowest BCUT2D eigenvalue weighted by atomic mass is 9.94. The van der Waals surface area contributed by atoms with Gasteiger partial charge in [0.1, 0.15) is 6.04 Å². The fourth-order valence-electron chi connectivity index (χ4n) is 2.42. The second kappa shape index (κ2) is 7.04. The van der Waals surface area contributed by atoms with Crippen LogP contribution in [0.5, 0.6) is 0 Å². The fraction of sp³-hybridized carbons (Fsp3) is 0.923. The predicted molar refractivity (Wildman–Crippen MR) is 80.7 cm³/mol. The van der Waals surface area contributed by atoms with Gasteiger partial charge in [0.15, 0.2) is 0 Å². The van der Waals surface area contributed by atoms with Crippen LogP contribution in [0.4, 0.5) is 0 Å². The summed E-state index contributed by atoms with van der Waals surface area (Å²) in [6.07, 6.45) is 1.17. The molecule has 124 valence electrons. The number of carbonyl (C=O) groups excluding carboxylic acids is 1. The van der Waals surface area contributed by atoms with Crippen LogP contribution in [-0.2, 0) is 19.7 Å². The van der Waals surface area contributed by atoms with E-state index in [9.17, 15) is 13.2 Å². The van der Waals surface area contributed by atoms with Gasteiger partial charge in [0.2, 0.25) is 0 Å². The topological polar surface area (TPSA) is 92.9 Å². The molecule has 0 aliphatic carbocycles. The van der Waals surface area contributed by atoms with Crippen LogP contribution in [0.3, 0.4) is 0 Å². The minimum absolute atomic E-state index is 0.249. The molecule has 1 rings (SSSR count). The summed E-state index contributed by atoms with van der Waals surface area (Å²) in [4.78, 5) is 11.9. The molecule has 1 unspecified atom stereocenters. The van der Waals surface area contributed by atoms with Crippen LogP contribution in [-0.4, -0.2) is 62.3 Å². The van der Waals surface area contributed by atoms with E-state index in [0.717, 1.165) is 0 Å². The molecule has 1 saturated heterocycles. The lowest BCUT2D eigenvalue weighted by Crippen LogP contribution is -2.50. The summed E-state index contributed by atoms with van der Waals surface area (Å²) >= 11 is 0. The van der Waals surface area contributed by atoms with Crippen molar-refractivity contribution >= 4 is 16.2 Å². The van der Waals surface area contributed by atoms with Gasteiger partial charge in [0.25, 0.3) is 10.2 Å². The SMILES string of the molecule is CCOC(=O)C1CCCN1S(=O)(=O)N(C)CC(C)(C)CN. The maximum atomic E-state index is 12.6. The van der Waals surface area contributed by atoms with E-state index in [4.69, 9.17) is 10.5 Å². The average Bonchev–Trinajstić information content (AvgIpc) is 2.88. The van der Waals surface area contributed by atoms with Crippen molar-refractivity contribution in [1.82, 2.24) is 8.61 Å². The first-order valence-corrected chi connectivity index (χ1v) is 8.65. The summed E-state index contributed by atoms with van der Waals surface area (Å²) in [5.41, 5.74) is 5.34. The molecule has 0 amide bonds. The summed E-state index contributed by atoms with van der Waals surface area (Å²) in [6, 6.07) is -0.710. The van der Waals surface area contributed by atoms with Crippen molar-refractivity contribution in [1.29, 1.82) is 0 Å². The first-order valence-electron chi connectivity index (χ1n) is 7.25. The van der Waals surface area contributed by atoms with E-state index < -0.39 is 22.2 Å². The van der Waals surface area contributed by atoms with E-state index >= 15 is 0 Å². The maximum absolute atomic E-state index is 12.6. The molecule has 21 heavy (non-hydrogen) atoms. The zero-order valence-corrected chi connectivity index (χ0v) is 14.1. The van der Waals surface area contributed by atoms with E-state index in [-0.39, 0.29) is 12.0 Å². The van der Waals surface area contributed by atoms with Crippen molar-refractivity contribution in [3.8, 4) is 0 Å². The highest BCUT2D eigenvalue weighted by Crippen LogP contribution is 2.25. The number of esters is 1. The standard InChI is InChI=1S/C13H27N3O4S/c1-5-20-12(17)11-7-6-8-16(11)21(18,19)15(4)10-13(2,3)9-14/h11H,5-10,14H2,1-4H3. The van der Waals surface area contributed by atoms with Crippen LogP contribution in [0, 0.1) is 5.41 Å². The smallest absolute Gasteiger partial charge is 0.324 e.